The summed E-state index contributed by atoms with van der Waals surface area (Å²) in [7, 11) is 0. The van der Waals surface area contributed by atoms with E-state index in [1.807, 2.05) is 0 Å². The van der Waals surface area contributed by atoms with Gasteiger partial charge in [0.05, 0.1) is 12.0 Å². The van der Waals surface area contributed by atoms with Gasteiger partial charge in [-0.05, 0) is 13.3 Å². The van der Waals surface area contributed by atoms with Crippen molar-refractivity contribution >= 4 is 23.5 Å². The van der Waals surface area contributed by atoms with Crippen LogP contribution in [0, 0.1) is 0 Å². The lowest BCUT2D eigenvalue weighted by molar-refractivity contribution is -0.166. The van der Waals surface area contributed by atoms with Crippen molar-refractivity contribution in [2.45, 2.75) is 64.4 Å². The van der Waals surface area contributed by atoms with E-state index >= 15 is 0 Å². The van der Waals surface area contributed by atoms with Crippen molar-refractivity contribution in [3.8, 4) is 0 Å². The molecule has 0 saturated carbocycles. The van der Waals surface area contributed by atoms with Gasteiger partial charge in [0.15, 0.2) is 0 Å². The van der Waals surface area contributed by atoms with Gasteiger partial charge < -0.3 is 9.47 Å². The van der Waals surface area contributed by atoms with Crippen LogP contribution in [0.2, 0.25) is 0 Å². The lowest BCUT2D eigenvalue weighted by atomic mass is 10.1. The fraction of sp³-hybridized carbons (Fsp3) is 0.846. The van der Waals surface area contributed by atoms with Gasteiger partial charge in [0, 0.05) is 6.92 Å². The summed E-state index contributed by atoms with van der Waals surface area (Å²) < 4.78 is 9.79. The number of esters is 2. The first-order valence-electron chi connectivity index (χ1n) is 6.50. The van der Waals surface area contributed by atoms with Gasteiger partial charge in [-0.25, -0.2) is 4.79 Å². The zero-order valence-corrected chi connectivity index (χ0v) is 12.2. The molecule has 0 aromatic carbocycles. The van der Waals surface area contributed by atoms with Gasteiger partial charge in [-0.3, -0.25) is 4.79 Å². The molecule has 18 heavy (non-hydrogen) atoms. The number of carbonyl (C=O) groups excluding carboxylic acids is 2. The Bertz CT molecular complexity index is 255. The molecule has 0 aromatic rings. The highest BCUT2D eigenvalue weighted by Crippen LogP contribution is 2.17. The zero-order valence-electron chi connectivity index (χ0n) is 11.4. The number of halogens is 1. The number of ether oxygens (including phenoxy) is 2. The van der Waals surface area contributed by atoms with E-state index in [4.69, 9.17) is 21.1 Å². The molecule has 0 aromatic heterocycles. The number of carbonyl (C=O) groups is 2. The molecule has 0 amide bonds. The Labute approximate surface area is 114 Å². The van der Waals surface area contributed by atoms with E-state index < -0.39 is 23.4 Å². The maximum Gasteiger partial charge on any atom is 0.349 e. The first kappa shape index (κ1) is 17.2. The SMILES string of the molecule is CCCCCC[C@@H](Cl)[C@H](OC(C)=O)C(=O)OCC. The molecule has 0 radical (unpaired) electrons. The van der Waals surface area contributed by atoms with Crippen LogP contribution in [0.4, 0.5) is 0 Å². The van der Waals surface area contributed by atoms with Crippen LogP contribution in [-0.4, -0.2) is 30.0 Å². The average Bonchev–Trinajstić information content (AvgIpc) is 2.31. The van der Waals surface area contributed by atoms with Gasteiger partial charge in [0.1, 0.15) is 0 Å². The van der Waals surface area contributed by atoms with Crippen molar-refractivity contribution in [2.24, 2.45) is 0 Å². The molecular weight excluding hydrogens is 256 g/mol. The van der Waals surface area contributed by atoms with Gasteiger partial charge in [0.2, 0.25) is 6.10 Å². The molecule has 0 heterocycles. The molecule has 0 bridgehead atoms. The molecule has 2 atom stereocenters. The van der Waals surface area contributed by atoms with E-state index in [1.54, 1.807) is 6.92 Å². The number of rotatable bonds is 9. The monoisotopic (exact) mass is 278 g/mol. The summed E-state index contributed by atoms with van der Waals surface area (Å²) in [5.41, 5.74) is 0. The van der Waals surface area contributed by atoms with Crippen molar-refractivity contribution in [3.05, 3.63) is 0 Å². The normalized spacial score (nSPS) is 13.8. The highest BCUT2D eigenvalue weighted by atomic mass is 35.5. The second-order valence-corrected chi connectivity index (χ2v) is 4.71. The van der Waals surface area contributed by atoms with E-state index in [0.29, 0.717) is 6.42 Å². The van der Waals surface area contributed by atoms with Gasteiger partial charge >= 0.3 is 11.9 Å². The van der Waals surface area contributed by atoms with Crippen LogP contribution >= 0.6 is 11.6 Å². The molecule has 0 unspecified atom stereocenters. The van der Waals surface area contributed by atoms with Crippen molar-refractivity contribution in [1.29, 1.82) is 0 Å². The fourth-order valence-electron chi connectivity index (χ4n) is 1.59. The van der Waals surface area contributed by atoms with Crippen molar-refractivity contribution in [3.63, 3.8) is 0 Å². The van der Waals surface area contributed by atoms with E-state index in [1.165, 1.54) is 6.92 Å². The molecule has 4 nitrogen and oxygen atoms in total. The molecule has 0 rings (SSSR count). The predicted molar refractivity (Wildman–Crippen MR) is 70.6 cm³/mol. The molecule has 5 heteroatoms. The zero-order chi connectivity index (χ0) is 14.0. The summed E-state index contributed by atoms with van der Waals surface area (Å²) in [5, 5.41) is -0.523. The molecular formula is C13H23ClO4. The standard InChI is InChI=1S/C13H23ClO4/c1-4-6-7-8-9-11(14)12(18-10(3)15)13(16)17-5-2/h11-12H,4-9H2,1-3H3/t11-,12+/m1/s1. The lowest BCUT2D eigenvalue weighted by Gasteiger charge is -2.20. The summed E-state index contributed by atoms with van der Waals surface area (Å²) in [4.78, 5) is 22.6. The minimum absolute atomic E-state index is 0.246. The number of hydrogen-bond acceptors (Lipinski definition) is 4. The topological polar surface area (TPSA) is 52.6 Å². The van der Waals surface area contributed by atoms with Crippen LogP contribution in [-0.2, 0) is 19.1 Å². The van der Waals surface area contributed by atoms with Crippen LogP contribution in [0.3, 0.4) is 0 Å². The van der Waals surface area contributed by atoms with Crippen LogP contribution in [0.1, 0.15) is 52.9 Å². The van der Waals surface area contributed by atoms with E-state index in [0.717, 1.165) is 25.7 Å². The van der Waals surface area contributed by atoms with Crippen LogP contribution in [0.15, 0.2) is 0 Å². The Balaban J connectivity index is 4.26. The molecule has 0 aliphatic carbocycles. The fourth-order valence-corrected chi connectivity index (χ4v) is 1.90. The molecule has 0 aliphatic heterocycles. The minimum Gasteiger partial charge on any atom is -0.463 e. The highest BCUT2D eigenvalue weighted by Gasteiger charge is 2.30. The van der Waals surface area contributed by atoms with Gasteiger partial charge in [0.25, 0.3) is 0 Å². The van der Waals surface area contributed by atoms with Crippen LogP contribution in [0.5, 0.6) is 0 Å². The van der Waals surface area contributed by atoms with Crippen molar-refractivity contribution in [1.82, 2.24) is 0 Å². The minimum atomic E-state index is -0.995. The quantitative estimate of drug-likeness (QED) is 0.369. The summed E-state index contributed by atoms with van der Waals surface area (Å²) in [6, 6.07) is 0. The molecule has 0 N–H and O–H groups in total. The number of alkyl halides is 1. The summed E-state index contributed by atoms with van der Waals surface area (Å²) in [6.45, 7) is 5.33. The maximum atomic E-state index is 11.6. The number of hydrogen-bond donors (Lipinski definition) is 0. The third kappa shape index (κ3) is 7.54. The third-order valence-corrected chi connectivity index (χ3v) is 2.92. The number of unbranched alkanes of at least 4 members (excludes halogenated alkanes) is 3. The molecule has 0 fully saturated rings. The van der Waals surface area contributed by atoms with Crippen LogP contribution in [0.25, 0.3) is 0 Å². The van der Waals surface area contributed by atoms with Crippen molar-refractivity contribution < 1.29 is 19.1 Å². The Hall–Kier alpha value is -0.770. The molecule has 106 valence electrons. The maximum absolute atomic E-state index is 11.6. The second-order valence-electron chi connectivity index (χ2n) is 4.15. The molecule has 0 spiro atoms. The Morgan fingerprint density at radius 1 is 1.17 bits per heavy atom. The predicted octanol–water partition coefficient (Wildman–Crippen LogP) is 3.06. The summed E-state index contributed by atoms with van der Waals surface area (Å²) in [5.74, 6) is -1.09. The Morgan fingerprint density at radius 3 is 2.33 bits per heavy atom. The van der Waals surface area contributed by atoms with E-state index in [2.05, 4.69) is 6.92 Å². The largest absolute Gasteiger partial charge is 0.463 e. The second kappa shape index (κ2) is 10.2. The van der Waals surface area contributed by atoms with Crippen LogP contribution < -0.4 is 0 Å². The lowest BCUT2D eigenvalue weighted by Crippen LogP contribution is -2.36. The molecule has 0 aliphatic rings. The van der Waals surface area contributed by atoms with Gasteiger partial charge in [-0.2, -0.15) is 0 Å². The molecule has 0 saturated heterocycles. The first-order valence-corrected chi connectivity index (χ1v) is 6.94. The van der Waals surface area contributed by atoms with Crippen molar-refractivity contribution in [2.75, 3.05) is 6.61 Å². The first-order chi connectivity index (χ1) is 8.52. The van der Waals surface area contributed by atoms with Gasteiger partial charge in [-0.1, -0.05) is 32.6 Å². The third-order valence-electron chi connectivity index (χ3n) is 2.47. The Kier molecular flexibility index (Phi) is 9.74. The van der Waals surface area contributed by atoms with Gasteiger partial charge in [-0.15, -0.1) is 11.6 Å². The summed E-state index contributed by atoms with van der Waals surface area (Å²) >= 11 is 6.12. The van der Waals surface area contributed by atoms with E-state index in [-0.39, 0.29) is 6.61 Å². The van der Waals surface area contributed by atoms with E-state index in [9.17, 15) is 9.59 Å². The average molecular weight is 279 g/mol. The highest BCUT2D eigenvalue weighted by molar-refractivity contribution is 6.22. The smallest absolute Gasteiger partial charge is 0.349 e. The summed E-state index contributed by atoms with van der Waals surface area (Å²) in [6.07, 6.45) is 3.90. The Morgan fingerprint density at radius 2 is 1.83 bits per heavy atom.